The van der Waals surface area contributed by atoms with Crippen LogP contribution < -0.4 is 14.8 Å². The van der Waals surface area contributed by atoms with E-state index < -0.39 is 0 Å². The van der Waals surface area contributed by atoms with Gasteiger partial charge < -0.3 is 19.4 Å². The molecule has 2 aromatic heterocycles. The molecule has 0 unspecified atom stereocenters. The lowest BCUT2D eigenvalue weighted by Gasteiger charge is -2.07. The van der Waals surface area contributed by atoms with E-state index in [-0.39, 0.29) is 6.79 Å². The van der Waals surface area contributed by atoms with Crippen LogP contribution in [0.15, 0.2) is 43.1 Å². The summed E-state index contributed by atoms with van der Waals surface area (Å²) in [6.45, 7) is 2.78. The summed E-state index contributed by atoms with van der Waals surface area (Å²) in [5.74, 6) is 1.56. The van der Waals surface area contributed by atoms with Crippen molar-refractivity contribution in [3.8, 4) is 22.8 Å². The third-order valence-electron chi connectivity index (χ3n) is 3.80. The molecule has 4 rings (SSSR count). The zero-order chi connectivity index (χ0) is 15.5. The van der Waals surface area contributed by atoms with Crippen LogP contribution in [0.5, 0.6) is 11.5 Å². The Hall–Kier alpha value is -2.80. The number of nitrogens with one attached hydrogen (secondary N) is 2. The number of imidazole rings is 1. The molecule has 1 aliphatic heterocycles. The predicted molar refractivity (Wildman–Crippen MR) is 84.1 cm³/mol. The van der Waals surface area contributed by atoms with Gasteiger partial charge in [-0.1, -0.05) is 0 Å². The van der Waals surface area contributed by atoms with Crippen LogP contribution in [0, 0.1) is 0 Å². The second-order valence-electron chi connectivity index (χ2n) is 5.32. The molecule has 0 saturated carbocycles. The van der Waals surface area contributed by atoms with E-state index in [2.05, 4.69) is 20.5 Å². The fourth-order valence-corrected chi connectivity index (χ4v) is 2.60. The first-order valence-electron chi connectivity index (χ1n) is 7.49. The Morgan fingerprint density at radius 2 is 2.22 bits per heavy atom. The lowest BCUT2D eigenvalue weighted by molar-refractivity contribution is 0.174. The summed E-state index contributed by atoms with van der Waals surface area (Å²) in [4.78, 5) is 4.03. The van der Waals surface area contributed by atoms with Gasteiger partial charge in [0.05, 0.1) is 18.2 Å². The molecule has 0 fully saturated rings. The Balaban J connectivity index is 1.42. The van der Waals surface area contributed by atoms with E-state index in [1.165, 1.54) is 0 Å². The van der Waals surface area contributed by atoms with Gasteiger partial charge in [0.15, 0.2) is 11.5 Å². The van der Waals surface area contributed by atoms with Crippen molar-refractivity contribution in [1.29, 1.82) is 0 Å². The Kier molecular flexibility index (Phi) is 3.69. The maximum absolute atomic E-state index is 5.44. The highest BCUT2D eigenvalue weighted by atomic mass is 16.7. The summed E-state index contributed by atoms with van der Waals surface area (Å²) in [6.07, 6.45) is 7.41. The van der Waals surface area contributed by atoms with Crippen molar-refractivity contribution in [2.75, 3.05) is 13.3 Å². The molecule has 0 spiro atoms. The van der Waals surface area contributed by atoms with E-state index in [1.54, 1.807) is 6.20 Å². The first-order valence-corrected chi connectivity index (χ1v) is 7.49. The van der Waals surface area contributed by atoms with Crippen molar-refractivity contribution >= 4 is 0 Å². The normalized spacial score (nSPS) is 12.7. The number of aromatic nitrogens is 4. The number of hydrogen-bond acceptors (Lipinski definition) is 5. The SMILES string of the molecule is c1cn(CCNCc2cn[nH]c2-c2ccc3c(c2)OCO3)cn1. The van der Waals surface area contributed by atoms with Gasteiger partial charge in [-0.2, -0.15) is 5.10 Å². The van der Waals surface area contributed by atoms with E-state index in [9.17, 15) is 0 Å². The largest absolute Gasteiger partial charge is 0.454 e. The molecule has 118 valence electrons. The van der Waals surface area contributed by atoms with Crippen molar-refractivity contribution in [3.05, 3.63) is 48.7 Å². The summed E-state index contributed by atoms with van der Waals surface area (Å²) >= 11 is 0. The molecule has 2 N–H and O–H groups in total. The van der Waals surface area contributed by atoms with Crippen LogP contribution in [-0.2, 0) is 13.1 Å². The minimum atomic E-state index is 0.282. The minimum Gasteiger partial charge on any atom is -0.454 e. The van der Waals surface area contributed by atoms with Gasteiger partial charge in [0.2, 0.25) is 6.79 Å². The molecule has 0 amide bonds. The molecule has 0 saturated heterocycles. The minimum absolute atomic E-state index is 0.282. The Morgan fingerprint density at radius 1 is 1.26 bits per heavy atom. The maximum Gasteiger partial charge on any atom is 0.231 e. The van der Waals surface area contributed by atoms with Gasteiger partial charge in [-0.15, -0.1) is 0 Å². The summed E-state index contributed by atoms with van der Waals surface area (Å²) in [7, 11) is 0. The highest BCUT2D eigenvalue weighted by Gasteiger charge is 2.16. The van der Waals surface area contributed by atoms with Gasteiger partial charge in [-0.25, -0.2) is 4.98 Å². The first-order chi connectivity index (χ1) is 11.4. The standard InChI is InChI=1S/C16H17N5O2/c1-2-14-15(23-11-22-14)7-12(1)16-13(9-19-20-16)8-17-3-5-21-6-4-18-10-21/h1-2,4,6-7,9-10,17H,3,5,8,11H2,(H,19,20). The number of nitrogens with zero attached hydrogens (tertiary/aromatic N) is 3. The molecule has 0 radical (unpaired) electrons. The second-order valence-corrected chi connectivity index (χ2v) is 5.32. The van der Waals surface area contributed by atoms with Crippen molar-refractivity contribution in [3.63, 3.8) is 0 Å². The number of rotatable bonds is 6. The number of fused-ring (bicyclic) bond motifs is 1. The third kappa shape index (κ3) is 2.91. The first kappa shape index (κ1) is 13.8. The van der Waals surface area contributed by atoms with Gasteiger partial charge >= 0.3 is 0 Å². The molecule has 0 atom stereocenters. The summed E-state index contributed by atoms with van der Waals surface area (Å²) in [5, 5.41) is 10.7. The van der Waals surface area contributed by atoms with Gasteiger partial charge in [-0.05, 0) is 18.2 Å². The van der Waals surface area contributed by atoms with Crippen LogP contribution in [-0.4, -0.2) is 33.1 Å². The van der Waals surface area contributed by atoms with Gasteiger partial charge in [0.1, 0.15) is 0 Å². The molecular weight excluding hydrogens is 294 g/mol. The van der Waals surface area contributed by atoms with Crippen LogP contribution in [0.1, 0.15) is 5.56 Å². The number of benzene rings is 1. The maximum atomic E-state index is 5.44. The van der Waals surface area contributed by atoms with E-state index >= 15 is 0 Å². The van der Waals surface area contributed by atoms with Gasteiger partial charge in [-0.3, -0.25) is 5.10 Å². The van der Waals surface area contributed by atoms with Crippen molar-refractivity contribution in [2.45, 2.75) is 13.1 Å². The monoisotopic (exact) mass is 311 g/mol. The highest BCUT2D eigenvalue weighted by Crippen LogP contribution is 2.36. The zero-order valence-corrected chi connectivity index (χ0v) is 12.5. The van der Waals surface area contributed by atoms with Gasteiger partial charge in [0.25, 0.3) is 0 Å². The van der Waals surface area contributed by atoms with Crippen LogP contribution in [0.2, 0.25) is 0 Å². The molecule has 23 heavy (non-hydrogen) atoms. The van der Waals surface area contributed by atoms with Gasteiger partial charge in [0, 0.05) is 43.2 Å². The van der Waals surface area contributed by atoms with Crippen molar-refractivity contribution in [1.82, 2.24) is 25.1 Å². The third-order valence-corrected chi connectivity index (χ3v) is 3.80. The highest BCUT2D eigenvalue weighted by molar-refractivity contribution is 5.66. The number of aromatic amines is 1. The topological polar surface area (TPSA) is 77.0 Å². The van der Waals surface area contributed by atoms with Crippen molar-refractivity contribution < 1.29 is 9.47 Å². The fourth-order valence-electron chi connectivity index (χ4n) is 2.60. The number of H-pyrrole nitrogens is 1. The Labute approximate surface area is 133 Å². The average molecular weight is 311 g/mol. The molecule has 7 heteroatoms. The number of ether oxygens (including phenoxy) is 2. The molecule has 3 aromatic rings. The van der Waals surface area contributed by atoms with Crippen molar-refractivity contribution in [2.24, 2.45) is 0 Å². The molecular formula is C16H17N5O2. The average Bonchev–Trinajstić information content (AvgIpc) is 3.31. The van der Waals surface area contributed by atoms with E-state index in [4.69, 9.17) is 9.47 Å². The fraction of sp³-hybridized carbons (Fsp3) is 0.250. The van der Waals surface area contributed by atoms with Crippen LogP contribution in [0.25, 0.3) is 11.3 Å². The Morgan fingerprint density at radius 3 is 3.13 bits per heavy atom. The molecule has 7 nitrogen and oxygen atoms in total. The molecule has 0 bridgehead atoms. The summed E-state index contributed by atoms with van der Waals surface area (Å²) in [6, 6.07) is 5.91. The predicted octanol–water partition coefficient (Wildman–Crippen LogP) is 1.79. The van der Waals surface area contributed by atoms with Crippen LogP contribution >= 0.6 is 0 Å². The van der Waals surface area contributed by atoms with E-state index in [0.717, 1.165) is 48.0 Å². The summed E-state index contributed by atoms with van der Waals surface area (Å²) < 4.78 is 12.8. The smallest absolute Gasteiger partial charge is 0.231 e. The Bertz CT molecular complexity index is 782. The number of hydrogen-bond donors (Lipinski definition) is 2. The summed E-state index contributed by atoms with van der Waals surface area (Å²) in [5.41, 5.74) is 3.16. The second kappa shape index (κ2) is 6.13. The quantitative estimate of drug-likeness (QED) is 0.679. The molecule has 1 aromatic carbocycles. The lowest BCUT2D eigenvalue weighted by Crippen LogP contribution is -2.19. The molecule has 3 heterocycles. The lowest BCUT2D eigenvalue weighted by atomic mass is 10.1. The molecule has 0 aliphatic carbocycles. The zero-order valence-electron chi connectivity index (χ0n) is 12.5. The van der Waals surface area contributed by atoms with E-state index in [1.807, 2.05) is 41.5 Å². The van der Waals surface area contributed by atoms with Crippen LogP contribution in [0.4, 0.5) is 0 Å². The molecule has 1 aliphatic rings. The van der Waals surface area contributed by atoms with E-state index in [0.29, 0.717) is 0 Å². The van der Waals surface area contributed by atoms with Crippen LogP contribution in [0.3, 0.4) is 0 Å².